The molecule has 0 spiro atoms. The van der Waals surface area contributed by atoms with Gasteiger partial charge in [-0.1, -0.05) is 53.2 Å². The van der Waals surface area contributed by atoms with E-state index in [-0.39, 0.29) is 18.4 Å². The van der Waals surface area contributed by atoms with E-state index in [9.17, 15) is 0 Å². The van der Waals surface area contributed by atoms with Crippen LogP contribution in [0.25, 0.3) is 11.5 Å². The third-order valence-corrected chi connectivity index (χ3v) is 5.37. The Morgan fingerprint density at radius 1 is 0.973 bits per heavy atom. The molecular formula is C25H20ClN7O4. The molecule has 0 radical (unpaired) electrons. The topological polar surface area (TPSA) is 123 Å². The summed E-state index contributed by atoms with van der Waals surface area (Å²) in [6, 6.07) is 21.8. The molecule has 11 nitrogen and oxygen atoms in total. The number of halogens is 1. The van der Waals surface area contributed by atoms with Gasteiger partial charge in [-0.25, -0.2) is 4.68 Å². The summed E-state index contributed by atoms with van der Waals surface area (Å²) >= 11 is 6.24. The zero-order valence-electron chi connectivity index (χ0n) is 19.8. The Labute approximate surface area is 216 Å². The van der Waals surface area contributed by atoms with Crippen LogP contribution in [-0.2, 0) is 18.5 Å². The minimum Gasteiger partial charge on any atom is -0.497 e. The lowest BCUT2D eigenvalue weighted by Crippen LogP contribution is -2.12. The lowest BCUT2D eigenvalue weighted by molar-refractivity contribution is 0.111. The number of benzene rings is 3. The van der Waals surface area contributed by atoms with Gasteiger partial charge in [-0.2, -0.15) is 0 Å². The number of methoxy groups -OCH3 is 1. The van der Waals surface area contributed by atoms with Gasteiger partial charge in [0.1, 0.15) is 17.2 Å². The lowest BCUT2D eigenvalue weighted by atomic mass is 10.1. The molecule has 3 aromatic carbocycles. The van der Waals surface area contributed by atoms with Crippen molar-refractivity contribution >= 4 is 17.3 Å². The van der Waals surface area contributed by atoms with E-state index in [1.54, 1.807) is 38.4 Å². The summed E-state index contributed by atoms with van der Waals surface area (Å²) in [5, 5.41) is 24.5. The number of oxime groups is 1. The number of tetrazole rings is 1. The molecule has 0 aliphatic rings. The Morgan fingerprint density at radius 2 is 1.81 bits per heavy atom. The van der Waals surface area contributed by atoms with Gasteiger partial charge in [-0.15, -0.1) is 15.3 Å². The van der Waals surface area contributed by atoms with E-state index in [2.05, 4.69) is 30.9 Å². The van der Waals surface area contributed by atoms with Gasteiger partial charge < -0.3 is 18.7 Å². The molecule has 5 aromatic rings. The Kier molecular flexibility index (Phi) is 7.04. The number of aryl methyl sites for hydroxylation is 1. The molecule has 0 atom stereocenters. The molecule has 0 amide bonds. The van der Waals surface area contributed by atoms with Crippen molar-refractivity contribution in [1.82, 2.24) is 30.4 Å². The summed E-state index contributed by atoms with van der Waals surface area (Å²) in [7, 11) is 3.31. The van der Waals surface area contributed by atoms with Crippen molar-refractivity contribution in [2.24, 2.45) is 12.2 Å². The predicted molar refractivity (Wildman–Crippen MR) is 133 cm³/mol. The van der Waals surface area contributed by atoms with Crippen LogP contribution in [0.2, 0.25) is 5.02 Å². The fourth-order valence-corrected chi connectivity index (χ4v) is 3.54. The average Bonchev–Trinajstić information content (AvgIpc) is 3.57. The van der Waals surface area contributed by atoms with Gasteiger partial charge in [0.25, 0.3) is 11.8 Å². The average molecular weight is 518 g/mol. The Hall–Kier alpha value is -4.77. The van der Waals surface area contributed by atoms with Crippen LogP contribution in [0.15, 0.2) is 82.4 Å². The van der Waals surface area contributed by atoms with E-state index in [1.807, 2.05) is 48.5 Å². The summed E-state index contributed by atoms with van der Waals surface area (Å²) < 4.78 is 18.6. The first kappa shape index (κ1) is 23.9. The molecule has 0 fully saturated rings. The van der Waals surface area contributed by atoms with E-state index < -0.39 is 0 Å². The number of rotatable bonds is 9. The van der Waals surface area contributed by atoms with Crippen molar-refractivity contribution in [2.45, 2.75) is 6.61 Å². The summed E-state index contributed by atoms with van der Waals surface area (Å²) in [6.07, 6.45) is 0. The third kappa shape index (κ3) is 5.57. The zero-order valence-corrected chi connectivity index (χ0v) is 20.5. The van der Waals surface area contributed by atoms with E-state index in [0.29, 0.717) is 39.4 Å². The minimum atomic E-state index is -0.0821. The second kappa shape index (κ2) is 10.9. The van der Waals surface area contributed by atoms with Crippen LogP contribution in [-0.4, -0.2) is 43.2 Å². The van der Waals surface area contributed by atoms with E-state index in [1.165, 1.54) is 4.68 Å². The zero-order chi connectivity index (χ0) is 25.6. The fourth-order valence-electron chi connectivity index (χ4n) is 3.37. The van der Waals surface area contributed by atoms with Gasteiger partial charge in [0.05, 0.1) is 12.7 Å². The molecule has 37 heavy (non-hydrogen) atoms. The number of hydrogen-bond acceptors (Lipinski definition) is 10. The standard InChI is InChI=1S/C25H20ClN7O4/c1-33-24(28-31-32-33)23(16-7-4-3-5-8-16)30-35-15-22-27-29-25(37-22)20-13-17(26)11-12-21(20)36-19-10-6-9-18(14-19)34-2/h3-14H,15H2,1-2H3/b30-23-. The number of aromatic nitrogens is 6. The first-order valence-corrected chi connectivity index (χ1v) is 11.4. The Bertz CT molecular complexity index is 1540. The van der Waals surface area contributed by atoms with Gasteiger partial charge in [-0.3, -0.25) is 0 Å². The monoisotopic (exact) mass is 517 g/mol. The first-order chi connectivity index (χ1) is 18.1. The van der Waals surface area contributed by atoms with Gasteiger partial charge in [0.2, 0.25) is 5.82 Å². The molecule has 0 saturated heterocycles. The van der Waals surface area contributed by atoms with Crippen molar-refractivity contribution in [3.05, 3.63) is 95.1 Å². The number of nitrogens with zero attached hydrogens (tertiary/aromatic N) is 7. The van der Waals surface area contributed by atoms with Crippen LogP contribution in [0.5, 0.6) is 17.2 Å². The van der Waals surface area contributed by atoms with Gasteiger partial charge in [0.15, 0.2) is 12.3 Å². The van der Waals surface area contributed by atoms with E-state index in [4.69, 9.17) is 30.3 Å². The van der Waals surface area contributed by atoms with Crippen LogP contribution in [0, 0.1) is 0 Å². The highest BCUT2D eigenvalue weighted by Gasteiger charge is 2.18. The molecule has 2 heterocycles. The molecule has 5 rings (SSSR count). The number of hydrogen-bond donors (Lipinski definition) is 0. The maximum atomic E-state index is 6.24. The molecule has 2 aromatic heterocycles. The van der Waals surface area contributed by atoms with Gasteiger partial charge >= 0.3 is 0 Å². The van der Waals surface area contributed by atoms with Gasteiger partial charge in [0, 0.05) is 23.7 Å². The van der Waals surface area contributed by atoms with E-state index >= 15 is 0 Å². The third-order valence-electron chi connectivity index (χ3n) is 5.13. The second-order valence-corrected chi connectivity index (χ2v) is 8.06. The van der Waals surface area contributed by atoms with E-state index in [0.717, 1.165) is 5.56 Å². The highest BCUT2D eigenvalue weighted by Crippen LogP contribution is 2.35. The molecule has 0 unspecified atom stereocenters. The Morgan fingerprint density at radius 3 is 2.59 bits per heavy atom. The lowest BCUT2D eigenvalue weighted by Gasteiger charge is -2.10. The largest absolute Gasteiger partial charge is 0.497 e. The number of ether oxygens (including phenoxy) is 2. The molecule has 0 N–H and O–H groups in total. The second-order valence-electron chi connectivity index (χ2n) is 7.63. The fraction of sp³-hybridized carbons (Fsp3) is 0.120. The van der Waals surface area contributed by atoms with Crippen molar-refractivity contribution in [1.29, 1.82) is 0 Å². The molecule has 0 bridgehead atoms. The van der Waals surface area contributed by atoms with Gasteiger partial charge in [-0.05, 0) is 40.8 Å². The molecule has 0 aliphatic carbocycles. The highest BCUT2D eigenvalue weighted by molar-refractivity contribution is 6.30. The smallest absolute Gasteiger partial charge is 0.257 e. The SMILES string of the molecule is COc1cccc(Oc2ccc(Cl)cc2-c2nnc(CO/N=C(/c3ccccc3)c3nnnn3C)o2)c1. The Balaban J connectivity index is 1.36. The normalized spacial score (nSPS) is 11.4. The summed E-state index contributed by atoms with van der Waals surface area (Å²) in [4.78, 5) is 5.55. The van der Waals surface area contributed by atoms with Crippen LogP contribution in [0.4, 0.5) is 0 Å². The molecule has 0 saturated carbocycles. The summed E-state index contributed by atoms with van der Waals surface area (Å²) in [6.45, 7) is -0.0821. The highest BCUT2D eigenvalue weighted by atomic mass is 35.5. The predicted octanol–water partition coefficient (Wildman–Crippen LogP) is 4.68. The molecule has 0 aliphatic heterocycles. The van der Waals surface area contributed by atoms with Crippen molar-refractivity contribution in [3.8, 4) is 28.7 Å². The van der Waals surface area contributed by atoms with Crippen molar-refractivity contribution in [3.63, 3.8) is 0 Å². The van der Waals surface area contributed by atoms with Crippen LogP contribution in [0.3, 0.4) is 0 Å². The minimum absolute atomic E-state index is 0.0821. The quantitative estimate of drug-likeness (QED) is 0.202. The maximum absolute atomic E-state index is 6.24. The van der Waals surface area contributed by atoms with Crippen LogP contribution < -0.4 is 9.47 Å². The molecule has 12 heteroatoms. The summed E-state index contributed by atoms with van der Waals surface area (Å²) in [5.74, 6) is 2.58. The molecular weight excluding hydrogens is 498 g/mol. The first-order valence-electron chi connectivity index (χ1n) is 11.0. The van der Waals surface area contributed by atoms with Crippen molar-refractivity contribution < 1.29 is 18.7 Å². The van der Waals surface area contributed by atoms with Crippen LogP contribution >= 0.6 is 11.6 Å². The van der Waals surface area contributed by atoms with Crippen LogP contribution in [0.1, 0.15) is 17.3 Å². The molecule has 186 valence electrons. The summed E-state index contributed by atoms with van der Waals surface area (Å²) in [5.41, 5.74) is 1.76. The van der Waals surface area contributed by atoms with Crippen molar-refractivity contribution in [2.75, 3.05) is 7.11 Å². The maximum Gasteiger partial charge on any atom is 0.257 e.